The average molecular weight is 280 g/mol. The largest absolute Gasteiger partial charge is 0.465 e. The molecule has 0 bridgehead atoms. The van der Waals surface area contributed by atoms with E-state index in [2.05, 4.69) is 20.7 Å². The summed E-state index contributed by atoms with van der Waals surface area (Å²) in [6.45, 7) is 1.72. The van der Waals surface area contributed by atoms with Crippen molar-refractivity contribution < 1.29 is 9.53 Å². The third-order valence-corrected chi connectivity index (χ3v) is 2.68. The standard InChI is InChI=1S/C12H10BrNO2/c1-8(11(7-14)12(15)16-2)9-3-5-10(13)6-4-9/h3-6H,1-2H3. The lowest BCUT2D eigenvalue weighted by Crippen LogP contribution is -2.05. The van der Waals surface area contributed by atoms with Gasteiger partial charge in [0, 0.05) is 4.47 Å². The molecule has 1 aromatic rings. The van der Waals surface area contributed by atoms with Gasteiger partial charge in [-0.3, -0.25) is 0 Å². The van der Waals surface area contributed by atoms with Gasteiger partial charge < -0.3 is 4.74 Å². The molecule has 16 heavy (non-hydrogen) atoms. The quantitative estimate of drug-likeness (QED) is 0.475. The summed E-state index contributed by atoms with van der Waals surface area (Å²) >= 11 is 3.32. The molecule has 0 aliphatic rings. The average Bonchev–Trinajstić information content (AvgIpc) is 2.30. The molecule has 0 spiro atoms. The zero-order valence-electron chi connectivity index (χ0n) is 8.95. The van der Waals surface area contributed by atoms with Crippen LogP contribution in [0.1, 0.15) is 12.5 Å². The maximum absolute atomic E-state index is 11.3. The van der Waals surface area contributed by atoms with Gasteiger partial charge in [-0.05, 0) is 30.2 Å². The van der Waals surface area contributed by atoms with Crippen molar-refractivity contribution in [2.24, 2.45) is 0 Å². The number of halogens is 1. The van der Waals surface area contributed by atoms with Gasteiger partial charge in [0.25, 0.3) is 0 Å². The molecule has 0 saturated heterocycles. The number of ether oxygens (including phenoxy) is 1. The zero-order chi connectivity index (χ0) is 12.1. The number of allylic oxidation sites excluding steroid dienone is 1. The van der Waals surface area contributed by atoms with Gasteiger partial charge in [-0.2, -0.15) is 5.26 Å². The second-order valence-electron chi connectivity index (χ2n) is 3.11. The van der Waals surface area contributed by atoms with Crippen LogP contribution in [0.15, 0.2) is 34.3 Å². The highest BCUT2D eigenvalue weighted by Gasteiger charge is 2.13. The normalized spacial score (nSPS) is 11.4. The van der Waals surface area contributed by atoms with Crippen LogP contribution >= 0.6 is 15.9 Å². The van der Waals surface area contributed by atoms with E-state index in [9.17, 15) is 4.79 Å². The van der Waals surface area contributed by atoms with Crippen molar-refractivity contribution in [1.82, 2.24) is 0 Å². The van der Waals surface area contributed by atoms with Gasteiger partial charge in [-0.15, -0.1) is 0 Å². The highest BCUT2D eigenvalue weighted by atomic mass is 79.9. The van der Waals surface area contributed by atoms with E-state index >= 15 is 0 Å². The number of carbonyl (C=O) groups is 1. The maximum Gasteiger partial charge on any atom is 0.348 e. The Kier molecular flexibility index (Phi) is 4.27. The summed E-state index contributed by atoms with van der Waals surface area (Å²) in [4.78, 5) is 11.3. The Morgan fingerprint density at radius 2 is 1.94 bits per heavy atom. The third-order valence-electron chi connectivity index (χ3n) is 2.15. The van der Waals surface area contributed by atoms with Crippen LogP contribution < -0.4 is 0 Å². The van der Waals surface area contributed by atoms with Crippen LogP contribution in [-0.4, -0.2) is 13.1 Å². The SMILES string of the molecule is COC(=O)C(C#N)=C(C)c1ccc(Br)cc1. The monoisotopic (exact) mass is 279 g/mol. The van der Waals surface area contributed by atoms with Gasteiger partial charge in [0.15, 0.2) is 0 Å². The molecule has 1 aromatic carbocycles. The Labute approximate surface area is 102 Å². The van der Waals surface area contributed by atoms with E-state index in [1.807, 2.05) is 30.3 Å². The Balaban J connectivity index is 3.21. The molecule has 0 aromatic heterocycles. The molecule has 0 radical (unpaired) electrons. The van der Waals surface area contributed by atoms with Crippen LogP contribution in [0.3, 0.4) is 0 Å². The van der Waals surface area contributed by atoms with Crippen LogP contribution in [0.2, 0.25) is 0 Å². The number of esters is 1. The zero-order valence-corrected chi connectivity index (χ0v) is 10.5. The number of rotatable bonds is 2. The Hall–Kier alpha value is -1.60. The van der Waals surface area contributed by atoms with Gasteiger partial charge in [-0.25, -0.2) is 4.79 Å². The minimum Gasteiger partial charge on any atom is -0.465 e. The van der Waals surface area contributed by atoms with Crippen molar-refractivity contribution in [3.8, 4) is 6.07 Å². The van der Waals surface area contributed by atoms with Crippen molar-refractivity contribution in [2.75, 3.05) is 7.11 Å². The van der Waals surface area contributed by atoms with E-state index in [0.717, 1.165) is 10.0 Å². The summed E-state index contributed by atoms with van der Waals surface area (Å²) in [7, 11) is 1.26. The molecule has 0 saturated carbocycles. The topological polar surface area (TPSA) is 50.1 Å². The molecule has 3 nitrogen and oxygen atoms in total. The Bertz CT molecular complexity index is 469. The summed E-state index contributed by atoms with van der Waals surface area (Å²) in [5.74, 6) is -0.608. The lowest BCUT2D eigenvalue weighted by Gasteiger charge is -2.04. The van der Waals surface area contributed by atoms with Crippen LogP contribution in [0.25, 0.3) is 5.57 Å². The van der Waals surface area contributed by atoms with Crippen molar-refractivity contribution in [1.29, 1.82) is 5.26 Å². The van der Waals surface area contributed by atoms with Gasteiger partial charge in [-0.1, -0.05) is 28.1 Å². The molecular weight excluding hydrogens is 270 g/mol. The third kappa shape index (κ3) is 2.71. The number of benzene rings is 1. The van der Waals surface area contributed by atoms with Crippen LogP contribution in [0, 0.1) is 11.3 Å². The molecule has 1 rings (SSSR count). The van der Waals surface area contributed by atoms with E-state index in [0.29, 0.717) is 5.57 Å². The van der Waals surface area contributed by atoms with Gasteiger partial charge in [0.2, 0.25) is 0 Å². The van der Waals surface area contributed by atoms with E-state index < -0.39 is 5.97 Å². The first-order valence-electron chi connectivity index (χ1n) is 4.55. The summed E-state index contributed by atoms with van der Waals surface area (Å²) in [6.07, 6.45) is 0. The number of nitriles is 1. The molecular formula is C12H10BrNO2. The number of hydrogen-bond acceptors (Lipinski definition) is 3. The molecule has 0 heterocycles. The summed E-state index contributed by atoms with van der Waals surface area (Å²) in [5, 5.41) is 8.90. The molecule has 0 atom stereocenters. The first-order valence-corrected chi connectivity index (χ1v) is 5.34. The highest BCUT2D eigenvalue weighted by Crippen LogP contribution is 2.21. The lowest BCUT2D eigenvalue weighted by atomic mass is 10.0. The van der Waals surface area contributed by atoms with Crippen molar-refractivity contribution in [3.05, 3.63) is 39.9 Å². The number of hydrogen-bond donors (Lipinski definition) is 0. The minimum atomic E-state index is -0.608. The highest BCUT2D eigenvalue weighted by molar-refractivity contribution is 9.10. The van der Waals surface area contributed by atoms with E-state index in [4.69, 9.17) is 5.26 Å². The van der Waals surface area contributed by atoms with Gasteiger partial charge >= 0.3 is 5.97 Å². The van der Waals surface area contributed by atoms with Crippen molar-refractivity contribution >= 4 is 27.5 Å². The van der Waals surface area contributed by atoms with Crippen LogP contribution in [0.5, 0.6) is 0 Å². The Morgan fingerprint density at radius 1 is 1.38 bits per heavy atom. The predicted molar refractivity (Wildman–Crippen MR) is 64.4 cm³/mol. The fourth-order valence-corrected chi connectivity index (χ4v) is 1.49. The molecule has 0 unspecified atom stereocenters. The number of methoxy groups -OCH3 is 1. The molecule has 0 amide bonds. The number of nitrogens with zero attached hydrogens (tertiary/aromatic N) is 1. The molecule has 0 fully saturated rings. The number of carbonyl (C=O) groups excluding carboxylic acids is 1. The first kappa shape index (κ1) is 12.5. The summed E-state index contributed by atoms with van der Waals surface area (Å²) in [6, 6.07) is 9.23. The molecule has 0 aliphatic carbocycles. The Morgan fingerprint density at radius 3 is 2.38 bits per heavy atom. The second-order valence-corrected chi connectivity index (χ2v) is 4.03. The molecule has 0 aliphatic heterocycles. The maximum atomic E-state index is 11.3. The van der Waals surface area contributed by atoms with E-state index in [1.54, 1.807) is 6.92 Å². The molecule has 82 valence electrons. The smallest absolute Gasteiger partial charge is 0.348 e. The second kappa shape index (κ2) is 5.47. The van der Waals surface area contributed by atoms with Crippen molar-refractivity contribution in [3.63, 3.8) is 0 Å². The van der Waals surface area contributed by atoms with Gasteiger partial charge in [0.1, 0.15) is 11.6 Å². The lowest BCUT2D eigenvalue weighted by molar-refractivity contribution is -0.135. The van der Waals surface area contributed by atoms with E-state index in [-0.39, 0.29) is 5.57 Å². The van der Waals surface area contributed by atoms with E-state index in [1.165, 1.54) is 7.11 Å². The summed E-state index contributed by atoms with van der Waals surface area (Å²) in [5.41, 5.74) is 1.47. The summed E-state index contributed by atoms with van der Waals surface area (Å²) < 4.78 is 5.49. The van der Waals surface area contributed by atoms with Crippen LogP contribution in [0.4, 0.5) is 0 Å². The van der Waals surface area contributed by atoms with Crippen LogP contribution in [-0.2, 0) is 9.53 Å². The minimum absolute atomic E-state index is 0.0322. The molecule has 4 heteroatoms. The fraction of sp³-hybridized carbons (Fsp3) is 0.167. The fourth-order valence-electron chi connectivity index (χ4n) is 1.23. The molecule has 0 N–H and O–H groups in total. The first-order chi connectivity index (χ1) is 7.60. The van der Waals surface area contributed by atoms with Gasteiger partial charge in [0.05, 0.1) is 7.11 Å². The van der Waals surface area contributed by atoms with Crippen molar-refractivity contribution in [2.45, 2.75) is 6.92 Å². The predicted octanol–water partition coefficient (Wildman–Crippen LogP) is 2.92.